The van der Waals surface area contributed by atoms with Gasteiger partial charge in [0.25, 0.3) is 0 Å². The molecular formula is C20H33NO3. The summed E-state index contributed by atoms with van der Waals surface area (Å²) in [5.41, 5.74) is 0.779. The Labute approximate surface area is 146 Å². The average molecular weight is 335 g/mol. The Morgan fingerprint density at radius 1 is 0.875 bits per heavy atom. The molecule has 1 rings (SSSR count). The number of benzene rings is 1. The van der Waals surface area contributed by atoms with Gasteiger partial charge >= 0.3 is 0 Å². The molecule has 0 bridgehead atoms. The SMILES string of the molecule is CCCCCCCCCCOCCOc1ccc(NC(C)=O)cc1. The van der Waals surface area contributed by atoms with E-state index in [4.69, 9.17) is 9.47 Å². The number of anilines is 1. The number of unbranched alkanes of at least 4 members (excludes halogenated alkanes) is 7. The van der Waals surface area contributed by atoms with Gasteiger partial charge in [-0.25, -0.2) is 0 Å². The fourth-order valence-electron chi connectivity index (χ4n) is 2.50. The van der Waals surface area contributed by atoms with Crippen LogP contribution in [-0.4, -0.2) is 25.7 Å². The van der Waals surface area contributed by atoms with Gasteiger partial charge in [0.2, 0.25) is 5.91 Å². The van der Waals surface area contributed by atoms with Crippen LogP contribution in [0.5, 0.6) is 5.75 Å². The van der Waals surface area contributed by atoms with Crippen LogP contribution in [0.25, 0.3) is 0 Å². The van der Waals surface area contributed by atoms with Gasteiger partial charge in [-0.15, -0.1) is 0 Å². The molecular weight excluding hydrogens is 302 g/mol. The lowest BCUT2D eigenvalue weighted by atomic mass is 10.1. The second-order valence-electron chi connectivity index (χ2n) is 6.14. The number of hydrogen-bond donors (Lipinski definition) is 1. The van der Waals surface area contributed by atoms with Gasteiger partial charge in [0.05, 0.1) is 6.61 Å². The van der Waals surface area contributed by atoms with Gasteiger partial charge in [0.1, 0.15) is 12.4 Å². The van der Waals surface area contributed by atoms with Crippen LogP contribution < -0.4 is 10.1 Å². The van der Waals surface area contributed by atoms with E-state index in [1.807, 2.05) is 24.3 Å². The van der Waals surface area contributed by atoms with Crippen molar-refractivity contribution in [2.75, 3.05) is 25.1 Å². The van der Waals surface area contributed by atoms with E-state index in [0.29, 0.717) is 13.2 Å². The predicted octanol–water partition coefficient (Wildman–Crippen LogP) is 5.18. The molecule has 0 radical (unpaired) electrons. The molecule has 0 aliphatic rings. The van der Waals surface area contributed by atoms with Gasteiger partial charge in [0, 0.05) is 19.2 Å². The molecule has 136 valence electrons. The van der Waals surface area contributed by atoms with Gasteiger partial charge in [0.15, 0.2) is 0 Å². The van der Waals surface area contributed by atoms with Gasteiger partial charge < -0.3 is 14.8 Å². The van der Waals surface area contributed by atoms with Gasteiger partial charge in [-0.05, 0) is 30.7 Å². The molecule has 0 saturated carbocycles. The Morgan fingerprint density at radius 2 is 1.50 bits per heavy atom. The molecule has 1 aromatic rings. The lowest BCUT2D eigenvalue weighted by molar-refractivity contribution is -0.114. The highest BCUT2D eigenvalue weighted by Crippen LogP contribution is 2.15. The third-order valence-electron chi connectivity index (χ3n) is 3.81. The van der Waals surface area contributed by atoms with Crippen LogP contribution in [0.1, 0.15) is 65.2 Å². The van der Waals surface area contributed by atoms with Crippen molar-refractivity contribution in [1.82, 2.24) is 0 Å². The van der Waals surface area contributed by atoms with Crippen LogP contribution >= 0.6 is 0 Å². The highest BCUT2D eigenvalue weighted by atomic mass is 16.5. The van der Waals surface area contributed by atoms with Crippen LogP contribution in [0.4, 0.5) is 5.69 Å². The second-order valence-corrected chi connectivity index (χ2v) is 6.14. The molecule has 4 heteroatoms. The number of rotatable bonds is 14. The van der Waals surface area contributed by atoms with Crippen LogP contribution in [0.3, 0.4) is 0 Å². The number of carbonyl (C=O) groups excluding carboxylic acids is 1. The summed E-state index contributed by atoms with van der Waals surface area (Å²) in [7, 11) is 0. The molecule has 0 fully saturated rings. The molecule has 0 aromatic heterocycles. The summed E-state index contributed by atoms with van der Waals surface area (Å²) < 4.78 is 11.2. The summed E-state index contributed by atoms with van der Waals surface area (Å²) in [5, 5.41) is 2.73. The van der Waals surface area contributed by atoms with Gasteiger partial charge in [-0.3, -0.25) is 4.79 Å². The first-order valence-corrected chi connectivity index (χ1v) is 9.30. The first-order chi connectivity index (χ1) is 11.7. The molecule has 0 saturated heterocycles. The minimum Gasteiger partial charge on any atom is -0.491 e. The third kappa shape index (κ3) is 11.1. The van der Waals surface area contributed by atoms with E-state index >= 15 is 0 Å². The van der Waals surface area contributed by atoms with Crippen molar-refractivity contribution in [2.45, 2.75) is 65.2 Å². The summed E-state index contributed by atoms with van der Waals surface area (Å²) in [5.74, 6) is 0.720. The van der Waals surface area contributed by atoms with Crippen LogP contribution in [0, 0.1) is 0 Å². The van der Waals surface area contributed by atoms with Crippen molar-refractivity contribution < 1.29 is 14.3 Å². The first-order valence-electron chi connectivity index (χ1n) is 9.30. The minimum atomic E-state index is -0.0713. The standard InChI is InChI=1S/C20H33NO3/c1-3-4-5-6-7-8-9-10-15-23-16-17-24-20-13-11-19(12-14-20)21-18(2)22/h11-14H,3-10,15-17H2,1-2H3,(H,21,22). The highest BCUT2D eigenvalue weighted by Gasteiger charge is 1.98. The van der Waals surface area contributed by atoms with Crippen molar-refractivity contribution in [3.8, 4) is 5.75 Å². The Morgan fingerprint density at radius 3 is 2.12 bits per heavy atom. The minimum absolute atomic E-state index is 0.0713. The normalized spacial score (nSPS) is 10.6. The lowest BCUT2D eigenvalue weighted by Gasteiger charge is -2.08. The Hall–Kier alpha value is -1.55. The largest absolute Gasteiger partial charge is 0.491 e. The molecule has 0 unspecified atom stereocenters. The van der Waals surface area contributed by atoms with Crippen LogP contribution in [-0.2, 0) is 9.53 Å². The Kier molecular flexibility index (Phi) is 11.8. The van der Waals surface area contributed by atoms with Crippen molar-refractivity contribution in [3.63, 3.8) is 0 Å². The topological polar surface area (TPSA) is 47.6 Å². The molecule has 0 atom stereocenters. The van der Waals surface area contributed by atoms with Crippen LogP contribution in [0.2, 0.25) is 0 Å². The third-order valence-corrected chi connectivity index (χ3v) is 3.81. The number of nitrogens with one attached hydrogen (secondary N) is 1. The zero-order valence-corrected chi connectivity index (χ0v) is 15.3. The maximum absolute atomic E-state index is 10.9. The maximum Gasteiger partial charge on any atom is 0.221 e. The Balaban J connectivity index is 1.92. The van der Waals surface area contributed by atoms with E-state index in [0.717, 1.165) is 24.5 Å². The average Bonchev–Trinajstić information content (AvgIpc) is 2.57. The maximum atomic E-state index is 10.9. The summed E-state index contributed by atoms with van der Waals surface area (Å²) >= 11 is 0. The fraction of sp³-hybridized carbons (Fsp3) is 0.650. The second kappa shape index (κ2) is 13.8. The molecule has 4 nitrogen and oxygen atoms in total. The predicted molar refractivity (Wildman–Crippen MR) is 99.7 cm³/mol. The zero-order chi connectivity index (χ0) is 17.5. The van der Waals surface area contributed by atoms with E-state index in [-0.39, 0.29) is 5.91 Å². The molecule has 0 heterocycles. The van der Waals surface area contributed by atoms with Crippen molar-refractivity contribution in [1.29, 1.82) is 0 Å². The van der Waals surface area contributed by atoms with E-state index in [9.17, 15) is 4.79 Å². The van der Waals surface area contributed by atoms with E-state index in [1.54, 1.807) is 0 Å². The molecule has 24 heavy (non-hydrogen) atoms. The van der Waals surface area contributed by atoms with Crippen LogP contribution in [0.15, 0.2) is 24.3 Å². The quantitative estimate of drug-likeness (QED) is 0.476. The molecule has 0 aliphatic carbocycles. The number of carbonyl (C=O) groups is 1. The highest BCUT2D eigenvalue weighted by molar-refractivity contribution is 5.88. The van der Waals surface area contributed by atoms with Crippen molar-refractivity contribution >= 4 is 11.6 Å². The fourth-order valence-corrected chi connectivity index (χ4v) is 2.50. The lowest BCUT2D eigenvalue weighted by Crippen LogP contribution is -2.08. The summed E-state index contributed by atoms with van der Waals surface area (Å²) in [6.45, 7) is 5.73. The molecule has 1 N–H and O–H groups in total. The zero-order valence-electron chi connectivity index (χ0n) is 15.3. The molecule has 1 amide bonds. The van der Waals surface area contributed by atoms with Gasteiger partial charge in [-0.1, -0.05) is 51.9 Å². The smallest absolute Gasteiger partial charge is 0.221 e. The van der Waals surface area contributed by atoms with E-state index < -0.39 is 0 Å². The summed E-state index contributed by atoms with van der Waals surface area (Å²) in [4.78, 5) is 10.9. The van der Waals surface area contributed by atoms with E-state index in [2.05, 4.69) is 12.2 Å². The molecule has 0 spiro atoms. The van der Waals surface area contributed by atoms with Crippen molar-refractivity contribution in [3.05, 3.63) is 24.3 Å². The Bertz CT molecular complexity index is 431. The van der Waals surface area contributed by atoms with E-state index in [1.165, 1.54) is 51.9 Å². The molecule has 0 aliphatic heterocycles. The first kappa shape index (κ1) is 20.5. The van der Waals surface area contributed by atoms with Gasteiger partial charge in [-0.2, -0.15) is 0 Å². The monoisotopic (exact) mass is 335 g/mol. The number of ether oxygens (including phenoxy) is 2. The summed E-state index contributed by atoms with van der Waals surface area (Å²) in [6.07, 6.45) is 10.5. The number of hydrogen-bond acceptors (Lipinski definition) is 3. The number of amides is 1. The van der Waals surface area contributed by atoms with Crippen molar-refractivity contribution in [2.24, 2.45) is 0 Å². The molecule has 1 aromatic carbocycles. The summed E-state index contributed by atoms with van der Waals surface area (Å²) in [6, 6.07) is 7.36.